The second kappa shape index (κ2) is 6.39. The summed E-state index contributed by atoms with van der Waals surface area (Å²) in [6, 6.07) is 8.44. The molecular weight excluding hydrogens is 312 g/mol. The number of nitrogens with zero attached hydrogens (tertiary/aromatic N) is 5. The maximum atomic E-state index is 4.56. The van der Waals surface area contributed by atoms with Crippen molar-refractivity contribution in [3.05, 3.63) is 60.8 Å². The van der Waals surface area contributed by atoms with Gasteiger partial charge in [0, 0.05) is 36.9 Å². The summed E-state index contributed by atoms with van der Waals surface area (Å²) >= 11 is 0. The van der Waals surface area contributed by atoms with E-state index < -0.39 is 0 Å². The number of anilines is 2. The summed E-state index contributed by atoms with van der Waals surface area (Å²) in [5.74, 6) is 0.742. The molecule has 0 amide bonds. The van der Waals surface area contributed by atoms with Gasteiger partial charge >= 0.3 is 0 Å². The van der Waals surface area contributed by atoms with E-state index in [2.05, 4.69) is 51.6 Å². The third-order valence-corrected chi connectivity index (χ3v) is 4.16. The monoisotopic (exact) mass is 332 g/mol. The van der Waals surface area contributed by atoms with Crippen LogP contribution in [-0.4, -0.2) is 24.1 Å². The maximum absolute atomic E-state index is 4.56. The van der Waals surface area contributed by atoms with Gasteiger partial charge in [0.15, 0.2) is 11.5 Å². The second-order valence-corrected chi connectivity index (χ2v) is 6.09. The van der Waals surface area contributed by atoms with Gasteiger partial charge in [0.2, 0.25) is 0 Å². The van der Waals surface area contributed by atoms with Gasteiger partial charge in [-0.05, 0) is 24.1 Å². The summed E-state index contributed by atoms with van der Waals surface area (Å²) in [7, 11) is 1.91. The van der Waals surface area contributed by atoms with Gasteiger partial charge in [-0.25, -0.2) is 9.97 Å². The first-order chi connectivity index (χ1) is 12.2. The van der Waals surface area contributed by atoms with Gasteiger partial charge in [0.05, 0.1) is 18.1 Å². The van der Waals surface area contributed by atoms with Crippen molar-refractivity contribution in [2.75, 3.05) is 5.32 Å². The normalized spacial score (nSPS) is 11.1. The highest BCUT2D eigenvalue weighted by Crippen LogP contribution is 2.25. The van der Waals surface area contributed by atoms with Gasteiger partial charge in [-0.3, -0.25) is 9.08 Å². The van der Waals surface area contributed by atoms with Crippen LogP contribution in [0.3, 0.4) is 0 Å². The smallest absolute Gasteiger partial charge is 0.180 e. The standard InChI is InChI=1S/C19H20N6/c1-3-5-14-6-4-7-16(10-14)23-18-19-21-12-17(25(19)9-8-20-18)15-11-22-24(2)13-15/h4,6-13H,3,5H2,1-2H3,(H,20,23). The Labute approximate surface area is 146 Å². The summed E-state index contributed by atoms with van der Waals surface area (Å²) in [5.41, 5.74) is 5.16. The third-order valence-electron chi connectivity index (χ3n) is 4.16. The average molecular weight is 332 g/mol. The van der Waals surface area contributed by atoms with Gasteiger partial charge in [0.1, 0.15) is 0 Å². The van der Waals surface area contributed by atoms with Crippen LogP contribution in [0.4, 0.5) is 11.5 Å². The van der Waals surface area contributed by atoms with Crippen LogP contribution in [0, 0.1) is 0 Å². The van der Waals surface area contributed by atoms with Gasteiger partial charge in [-0.15, -0.1) is 0 Å². The Morgan fingerprint density at radius 2 is 2.08 bits per heavy atom. The Balaban J connectivity index is 1.71. The highest BCUT2D eigenvalue weighted by atomic mass is 15.2. The van der Waals surface area contributed by atoms with Crippen molar-refractivity contribution in [3.8, 4) is 11.3 Å². The van der Waals surface area contributed by atoms with Gasteiger partial charge in [-0.2, -0.15) is 5.10 Å². The number of benzene rings is 1. The fraction of sp³-hybridized carbons (Fsp3) is 0.211. The lowest BCUT2D eigenvalue weighted by Gasteiger charge is -2.09. The lowest BCUT2D eigenvalue weighted by molar-refractivity contribution is 0.768. The zero-order chi connectivity index (χ0) is 17.2. The molecule has 0 saturated heterocycles. The third kappa shape index (κ3) is 2.98. The number of aryl methyl sites for hydroxylation is 2. The van der Waals surface area contributed by atoms with Crippen molar-refractivity contribution in [2.24, 2.45) is 7.05 Å². The van der Waals surface area contributed by atoms with Crippen molar-refractivity contribution in [3.63, 3.8) is 0 Å². The van der Waals surface area contributed by atoms with E-state index >= 15 is 0 Å². The molecule has 0 radical (unpaired) electrons. The Kier molecular flexibility index (Phi) is 3.93. The van der Waals surface area contributed by atoms with Crippen LogP contribution in [0.2, 0.25) is 0 Å². The van der Waals surface area contributed by atoms with E-state index in [1.54, 1.807) is 10.9 Å². The predicted octanol–water partition coefficient (Wildman–Crippen LogP) is 3.83. The molecule has 0 fully saturated rings. The molecule has 25 heavy (non-hydrogen) atoms. The number of fused-ring (bicyclic) bond motifs is 1. The molecule has 0 aliphatic rings. The number of imidazole rings is 1. The van der Waals surface area contributed by atoms with Crippen molar-refractivity contribution in [2.45, 2.75) is 19.8 Å². The number of rotatable bonds is 5. The van der Waals surface area contributed by atoms with E-state index in [1.165, 1.54) is 5.56 Å². The Hall–Kier alpha value is -3.15. The molecule has 3 aromatic heterocycles. The molecular formula is C19H20N6. The van der Waals surface area contributed by atoms with E-state index in [0.29, 0.717) is 0 Å². The molecule has 0 atom stereocenters. The van der Waals surface area contributed by atoms with E-state index in [-0.39, 0.29) is 0 Å². The maximum Gasteiger partial charge on any atom is 0.180 e. The molecule has 3 heterocycles. The predicted molar refractivity (Wildman–Crippen MR) is 98.9 cm³/mol. The second-order valence-electron chi connectivity index (χ2n) is 6.09. The fourth-order valence-electron chi connectivity index (χ4n) is 3.00. The fourth-order valence-corrected chi connectivity index (χ4v) is 3.00. The zero-order valence-electron chi connectivity index (χ0n) is 14.3. The van der Waals surface area contributed by atoms with E-state index in [9.17, 15) is 0 Å². The first-order valence-electron chi connectivity index (χ1n) is 8.41. The van der Waals surface area contributed by atoms with Crippen LogP contribution in [0.1, 0.15) is 18.9 Å². The molecule has 4 rings (SSSR count). The molecule has 0 aliphatic carbocycles. The lowest BCUT2D eigenvalue weighted by atomic mass is 10.1. The van der Waals surface area contributed by atoms with Crippen LogP contribution >= 0.6 is 0 Å². The minimum atomic E-state index is 0.742. The molecule has 0 unspecified atom stereocenters. The van der Waals surface area contributed by atoms with E-state index in [4.69, 9.17) is 0 Å². The number of aromatic nitrogens is 5. The first-order valence-corrected chi connectivity index (χ1v) is 8.41. The van der Waals surface area contributed by atoms with Crippen LogP contribution in [0.15, 0.2) is 55.2 Å². The molecule has 0 aliphatic heterocycles. The van der Waals surface area contributed by atoms with E-state index in [0.717, 1.165) is 41.3 Å². The minimum absolute atomic E-state index is 0.742. The Bertz CT molecular complexity index is 1010. The number of hydrogen-bond acceptors (Lipinski definition) is 4. The summed E-state index contributed by atoms with van der Waals surface area (Å²) in [6.45, 7) is 2.19. The quantitative estimate of drug-likeness (QED) is 0.603. The van der Waals surface area contributed by atoms with Crippen molar-refractivity contribution >= 4 is 17.2 Å². The summed E-state index contributed by atoms with van der Waals surface area (Å²) in [5, 5.41) is 7.64. The SMILES string of the molecule is CCCc1cccc(Nc2nccn3c(-c4cnn(C)c4)cnc23)c1. The summed E-state index contributed by atoms with van der Waals surface area (Å²) < 4.78 is 3.82. The average Bonchev–Trinajstić information content (AvgIpc) is 3.22. The summed E-state index contributed by atoms with van der Waals surface area (Å²) in [4.78, 5) is 9.03. The van der Waals surface area contributed by atoms with Crippen LogP contribution in [0.25, 0.3) is 16.9 Å². The topological polar surface area (TPSA) is 60.0 Å². The van der Waals surface area contributed by atoms with Crippen LogP contribution in [0.5, 0.6) is 0 Å². The Morgan fingerprint density at radius 3 is 2.88 bits per heavy atom. The van der Waals surface area contributed by atoms with Crippen molar-refractivity contribution < 1.29 is 0 Å². The van der Waals surface area contributed by atoms with E-state index in [1.807, 2.05) is 36.2 Å². The van der Waals surface area contributed by atoms with Gasteiger partial charge in [-0.1, -0.05) is 25.5 Å². The van der Waals surface area contributed by atoms with Gasteiger partial charge < -0.3 is 5.32 Å². The number of hydrogen-bond donors (Lipinski definition) is 1. The van der Waals surface area contributed by atoms with Crippen LogP contribution in [-0.2, 0) is 13.5 Å². The van der Waals surface area contributed by atoms with Gasteiger partial charge in [0.25, 0.3) is 0 Å². The molecule has 0 spiro atoms. The largest absolute Gasteiger partial charge is 0.337 e. The summed E-state index contributed by atoms with van der Waals surface area (Å²) in [6.07, 6.45) is 11.6. The molecule has 1 aromatic carbocycles. The highest BCUT2D eigenvalue weighted by Gasteiger charge is 2.11. The lowest BCUT2D eigenvalue weighted by Crippen LogP contribution is -1.99. The highest BCUT2D eigenvalue weighted by molar-refractivity contribution is 5.74. The molecule has 0 saturated carbocycles. The molecule has 1 N–H and O–H groups in total. The zero-order valence-corrected chi connectivity index (χ0v) is 14.3. The van der Waals surface area contributed by atoms with Crippen molar-refractivity contribution in [1.82, 2.24) is 24.1 Å². The number of nitrogens with one attached hydrogen (secondary N) is 1. The Morgan fingerprint density at radius 1 is 1.16 bits per heavy atom. The van der Waals surface area contributed by atoms with Crippen molar-refractivity contribution in [1.29, 1.82) is 0 Å². The molecule has 6 nitrogen and oxygen atoms in total. The molecule has 126 valence electrons. The first kappa shape index (κ1) is 15.4. The molecule has 0 bridgehead atoms. The minimum Gasteiger partial charge on any atom is -0.337 e. The molecule has 4 aromatic rings. The molecule has 6 heteroatoms. The van der Waals surface area contributed by atoms with Crippen LogP contribution < -0.4 is 5.32 Å².